The number of ether oxygens (including phenoxy) is 1. The fourth-order valence-electron chi connectivity index (χ4n) is 6.21. The highest BCUT2D eigenvalue weighted by Crippen LogP contribution is 2.58. The van der Waals surface area contributed by atoms with Gasteiger partial charge in [0.25, 0.3) is 0 Å². The molecule has 33 heavy (non-hydrogen) atoms. The number of carbonyl (C=O) groups is 3. The number of benzene rings is 1. The van der Waals surface area contributed by atoms with Crippen molar-refractivity contribution in [1.82, 2.24) is 15.5 Å². The van der Waals surface area contributed by atoms with Gasteiger partial charge in [0.1, 0.15) is 11.6 Å². The lowest BCUT2D eigenvalue weighted by Gasteiger charge is -2.37. The third kappa shape index (κ3) is 3.93. The summed E-state index contributed by atoms with van der Waals surface area (Å²) in [7, 11) is 1.56. The van der Waals surface area contributed by atoms with Crippen molar-refractivity contribution >= 4 is 17.7 Å². The Labute approximate surface area is 195 Å². The number of amides is 3. The average Bonchev–Trinajstić information content (AvgIpc) is 3.45. The van der Waals surface area contributed by atoms with Gasteiger partial charge in [0, 0.05) is 13.1 Å². The Bertz CT molecular complexity index is 893. The van der Waals surface area contributed by atoms with Gasteiger partial charge in [0.05, 0.1) is 30.6 Å². The van der Waals surface area contributed by atoms with E-state index in [0.717, 1.165) is 18.4 Å². The molecule has 1 aromatic rings. The topological polar surface area (TPSA) is 108 Å². The first-order valence-electron chi connectivity index (χ1n) is 12.0. The molecule has 7 atom stereocenters. The summed E-state index contributed by atoms with van der Waals surface area (Å²) in [6.45, 7) is 3.72. The zero-order chi connectivity index (χ0) is 23.8. The van der Waals surface area contributed by atoms with Crippen LogP contribution in [-0.4, -0.2) is 71.2 Å². The van der Waals surface area contributed by atoms with Gasteiger partial charge in [-0.3, -0.25) is 14.4 Å². The molecule has 8 nitrogen and oxygen atoms in total. The standard InChI is InChI=1S/C25H35N3O5/c1-4-8-15(2)27-23(31)21-25-12-11-18(33-25)19(22(30)26-3)20(25)24(32)28(21)17(14-29)13-16-9-6-5-7-10-16/h5-7,9-10,15,17-21,29H,4,8,11-14H2,1-3H3,(H,26,30)(H,27,31)/t15?,17-,18-,19+,20+,21?,25?/m1/s1. The molecule has 3 N–H and O–H groups in total. The maximum Gasteiger partial charge on any atom is 0.246 e. The summed E-state index contributed by atoms with van der Waals surface area (Å²) in [6.07, 6.45) is 2.96. The first-order valence-corrected chi connectivity index (χ1v) is 12.0. The number of aliphatic hydroxyl groups excluding tert-OH is 1. The van der Waals surface area contributed by atoms with Gasteiger partial charge in [0.15, 0.2) is 0 Å². The number of nitrogens with one attached hydrogen (secondary N) is 2. The molecule has 3 fully saturated rings. The molecule has 0 aliphatic carbocycles. The molecular weight excluding hydrogens is 422 g/mol. The molecule has 1 spiro atoms. The summed E-state index contributed by atoms with van der Waals surface area (Å²) < 4.78 is 6.37. The molecule has 1 aromatic carbocycles. The monoisotopic (exact) mass is 457 g/mol. The first kappa shape index (κ1) is 23.7. The smallest absolute Gasteiger partial charge is 0.246 e. The highest BCUT2D eigenvalue weighted by atomic mass is 16.5. The van der Waals surface area contributed by atoms with E-state index in [-0.39, 0.29) is 36.5 Å². The molecule has 3 aliphatic rings. The molecule has 3 aliphatic heterocycles. The van der Waals surface area contributed by atoms with Gasteiger partial charge < -0.3 is 25.4 Å². The molecule has 3 saturated heterocycles. The van der Waals surface area contributed by atoms with Gasteiger partial charge in [-0.1, -0.05) is 43.7 Å². The normalized spacial score (nSPS) is 31.9. The fraction of sp³-hybridized carbons (Fsp3) is 0.640. The summed E-state index contributed by atoms with van der Waals surface area (Å²) in [5, 5.41) is 16.1. The first-order chi connectivity index (χ1) is 15.9. The van der Waals surface area contributed by atoms with Crippen LogP contribution in [0.1, 0.15) is 45.1 Å². The van der Waals surface area contributed by atoms with Gasteiger partial charge >= 0.3 is 0 Å². The molecule has 0 radical (unpaired) electrons. The van der Waals surface area contributed by atoms with E-state index in [1.54, 1.807) is 7.05 Å². The van der Waals surface area contributed by atoms with Crippen LogP contribution in [0.4, 0.5) is 0 Å². The molecule has 2 bridgehead atoms. The summed E-state index contributed by atoms with van der Waals surface area (Å²) in [5.74, 6) is -2.12. The van der Waals surface area contributed by atoms with E-state index in [4.69, 9.17) is 4.74 Å². The van der Waals surface area contributed by atoms with E-state index in [1.165, 1.54) is 4.90 Å². The highest BCUT2D eigenvalue weighted by molar-refractivity contribution is 5.99. The van der Waals surface area contributed by atoms with E-state index in [2.05, 4.69) is 17.6 Å². The number of likely N-dealkylation sites (tertiary alicyclic amines) is 1. The zero-order valence-corrected chi connectivity index (χ0v) is 19.6. The SMILES string of the molecule is CCCC(C)NC(=O)C1N([C@@H](CO)Cc2ccccc2)C(=O)[C@@H]2[C@@H](C(=O)NC)[C@H]3CCC12O3. The summed E-state index contributed by atoms with van der Waals surface area (Å²) in [5.41, 5.74) is -0.0792. The third-order valence-electron chi connectivity index (χ3n) is 7.56. The molecule has 3 amide bonds. The molecule has 0 saturated carbocycles. The van der Waals surface area contributed by atoms with Crippen molar-refractivity contribution in [1.29, 1.82) is 0 Å². The maximum atomic E-state index is 13.9. The number of hydrogen-bond donors (Lipinski definition) is 3. The molecular formula is C25H35N3O5. The number of rotatable bonds is 9. The largest absolute Gasteiger partial charge is 0.394 e. The third-order valence-corrected chi connectivity index (χ3v) is 7.56. The van der Waals surface area contributed by atoms with Gasteiger partial charge in [-0.25, -0.2) is 0 Å². The van der Waals surface area contributed by atoms with Crippen molar-refractivity contribution in [3.8, 4) is 0 Å². The second kappa shape index (κ2) is 9.43. The Morgan fingerprint density at radius 1 is 1.27 bits per heavy atom. The van der Waals surface area contributed by atoms with Crippen molar-refractivity contribution in [3.63, 3.8) is 0 Å². The summed E-state index contributed by atoms with van der Waals surface area (Å²) in [4.78, 5) is 41.8. The van der Waals surface area contributed by atoms with Crippen molar-refractivity contribution < 1.29 is 24.2 Å². The minimum Gasteiger partial charge on any atom is -0.394 e. The van der Waals surface area contributed by atoms with Crippen LogP contribution < -0.4 is 10.6 Å². The lowest BCUT2D eigenvalue weighted by Crippen LogP contribution is -2.59. The van der Waals surface area contributed by atoms with Crippen LogP contribution in [0.2, 0.25) is 0 Å². The second-order valence-electron chi connectivity index (χ2n) is 9.64. The minimum atomic E-state index is -1.04. The number of hydrogen-bond acceptors (Lipinski definition) is 5. The van der Waals surface area contributed by atoms with Crippen LogP contribution in [0.3, 0.4) is 0 Å². The zero-order valence-electron chi connectivity index (χ0n) is 19.6. The van der Waals surface area contributed by atoms with E-state index in [9.17, 15) is 19.5 Å². The van der Waals surface area contributed by atoms with Crippen molar-refractivity contribution in [2.45, 2.75) is 75.8 Å². The van der Waals surface area contributed by atoms with E-state index in [1.807, 2.05) is 37.3 Å². The molecule has 4 rings (SSSR count). The highest BCUT2D eigenvalue weighted by Gasteiger charge is 2.75. The number of carbonyl (C=O) groups excluding carboxylic acids is 3. The Morgan fingerprint density at radius 2 is 2.00 bits per heavy atom. The molecule has 180 valence electrons. The van der Waals surface area contributed by atoms with Crippen LogP contribution in [0.25, 0.3) is 0 Å². The lowest BCUT2D eigenvalue weighted by molar-refractivity contribution is -0.145. The Hall–Kier alpha value is -2.45. The summed E-state index contributed by atoms with van der Waals surface area (Å²) >= 11 is 0. The fourth-order valence-corrected chi connectivity index (χ4v) is 6.21. The number of nitrogens with zero attached hydrogens (tertiary/aromatic N) is 1. The predicted molar refractivity (Wildman–Crippen MR) is 122 cm³/mol. The van der Waals surface area contributed by atoms with Gasteiger partial charge in [-0.2, -0.15) is 0 Å². The number of fused-ring (bicyclic) bond motifs is 1. The second-order valence-corrected chi connectivity index (χ2v) is 9.64. The van der Waals surface area contributed by atoms with Crippen LogP contribution >= 0.6 is 0 Å². The molecule has 0 aromatic heterocycles. The Morgan fingerprint density at radius 3 is 2.64 bits per heavy atom. The van der Waals surface area contributed by atoms with Crippen LogP contribution in [0.15, 0.2) is 30.3 Å². The number of aliphatic hydroxyl groups is 1. The maximum absolute atomic E-state index is 13.9. The predicted octanol–water partition coefficient (Wildman–Crippen LogP) is 1.02. The Balaban J connectivity index is 1.72. The lowest BCUT2D eigenvalue weighted by atomic mass is 9.70. The van der Waals surface area contributed by atoms with Crippen LogP contribution in [0, 0.1) is 11.8 Å². The van der Waals surface area contributed by atoms with Crippen molar-refractivity contribution in [2.24, 2.45) is 11.8 Å². The Kier molecular flexibility index (Phi) is 6.77. The van der Waals surface area contributed by atoms with Gasteiger partial charge in [-0.15, -0.1) is 0 Å². The van der Waals surface area contributed by atoms with Crippen LogP contribution in [0.5, 0.6) is 0 Å². The van der Waals surface area contributed by atoms with Gasteiger partial charge in [0.2, 0.25) is 17.7 Å². The molecule has 8 heteroatoms. The minimum absolute atomic E-state index is 0.0510. The van der Waals surface area contributed by atoms with E-state index < -0.39 is 29.5 Å². The van der Waals surface area contributed by atoms with Crippen LogP contribution in [-0.2, 0) is 25.5 Å². The quantitative estimate of drug-likeness (QED) is 0.513. The molecule has 3 heterocycles. The van der Waals surface area contributed by atoms with E-state index >= 15 is 0 Å². The summed E-state index contributed by atoms with van der Waals surface area (Å²) in [6, 6.07) is 8.09. The van der Waals surface area contributed by atoms with Crippen molar-refractivity contribution in [2.75, 3.05) is 13.7 Å². The average molecular weight is 458 g/mol. The van der Waals surface area contributed by atoms with E-state index in [0.29, 0.717) is 19.3 Å². The molecule has 3 unspecified atom stereocenters. The van der Waals surface area contributed by atoms with Crippen molar-refractivity contribution in [3.05, 3.63) is 35.9 Å². The van der Waals surface area contributed by atoms with Gasteiger partial charge in [-0.05, 0) is 38.2 Å².